The van der Waals surface area contributed by atoms with Gasteiger partial charge in [0.1, 0.15) is 5.75 Å². The first-order chi connectivity index (χ1) is 24.3. The lowest BCUT2D eigenvalue weighted by molar-refractivity contribution is -0.151. The highest BCUT2D eigenvalue weighted by molar-refractivity contribution is 5.87. The Balaban J connectivity index is 0.901. The fourth-order valence-corrected chi connectivity index (χ4v) is 9.22. The van der Waals surface area contributed by atoms with Crippen molar-refractivity contribution in [2.24, 2.45) is 17.8 Å². The third kappa shape index (κ3) is 8.08. The molecule has 3 saturated heterocycles. The first-order valence-corrected chi connectivity index (χ1v) is 18.8. The normalized spacial score (nSPS) is 25.4. The molecule has 50 heavy (non-hydrogen) atoms. The highest BCUT2D eigenvalue weighted by Gasteiger charge is 2.54. The van der Waals surface area contributed by atoms with E-state index in [4.69, 9.17) is 0 Å². The molecule has 7 rings (SSSR count). The first-order valence-electron chi connectivity index (χ1n) is 18.8. The summed E-state index contributed by atoms with van der Waals surface area (Å²) < 4.78 is 0. The number of aromatic amines is 1. The lowest BCUT2D eigenvalue weighted by Gasteiger charge is -2.53. The Morgan fingerprint density at radius 2 is 1.80 bits per heavy atom. The van der Waals surface area contributed by atoms with E-state index in [0.717, 1.165) is 88.7 Å². The number of hydrogen-bond acceptors (Lipinski definition) is 7. The Hall–Kier alpha value is -3.73. The van der Waals surface area contributed by atoms with Crippen molar-refractivity contribution < 1.29 is 24.9 Å². The minimum Gasteiger partial charge on any atom is -0.506 e. The fraction of sp³-hybridized carbons (Fsp3) is 0.575. The van der Waals surface area contributed by atoms with Gasteiger partial charge in [0, 0.05) is 37.5 Å². The molecule has 6 N–H and O–H groups in total. The van der Waals surface area contributed by atoms with Crippen molar-refractivity contribution in [1.29, 1.82) is 0 Å². The van der Waals surface area contributed by atoms with Crippen molar-refractivity contribution in [1.82, 2.24) is 20.5 Å². The maximum Gasteiger partial charge on any atom is 0.314 e. The number of phenolic OH excluding ortho intramolecular Hbond substituents is 1. The van der Waals surface area contributed by atoms with Crippen LogP contribution in [0.25, 0.3) is 10.9 Å². The van der Waals surface area contributed by atoms with E-state index in [2.05, 4.69) is 32.7 Å². The van der Waals surface area contributed by atoms with E-state index in [0.29, 0.717) is 54.2 Å². The molecule has 4 fully saturated rings. The van der Waals surface area contributed by atoms with Gasteiger partial charge in [-0.2, -0.15) is 0 Å². The number of nitrogens with zero attached hydrogens (tertiary/aromatic N) is 1. The summed E-state index contributed by atoms with van der Waals surface area (Å²) in [7, 11) is 0. The zero-order valence-corrected chi connectivity index (χ0v) is 29.2. The fourth-order valence-electron chi connectivity index (χ4n) is 9.22. The minimum absolute atomic E-state index is 0.0312. The first kappa shape index (κ1) is 36.1. The van der Waals surface area contributed by atoms with Crippen molar-refractivity contribution in [3.05, 3.63) is 75.6 Å². The number of hydrogen-bond donors (Lipinski definition) is 6. The van der Waals surface area contributed by atoms with Gasteiger partial charge >= 0.3 is 5.97 Å². The molecule has 1 amide bonds. The number of piperidine rings is 3. The van der Waals surface area contributed by atoms with Crippen LogP contribution in [0.15, 0.2) is 53.3 Å². The number of carbonyl (C=O) groups excluding carboxylic acids is 1. The number of aliphatic hydroxyl groups excluding tert-OH is 1. The molecule has 1 saturated carbocycles. The largest absolute Gasteiger partial charge is 0.506 e. The van der Waals surface area contributed by atoms with Crippen LogP contribution in [0.5, 0.6) is 5.75 Å². The average molecular weight is 687 g/mol. The number of H-pyrrole nitrogens is 1. The molecule has 10 heteroatoms. The molecule has 0 radical (unpaired) electrons. The summed E-state index contributed by atoms with van der Waals surface area (Å²) >= 11 is 0. The van der Waals surface area contributed by atoms with E-state index < -0.39 is 17.5 Å². The molecule has 1 aromatic heterocycles. The second-order valence-electron chi connectivity index (χ2n) is 14.9. The molecule has 270 valence electrons. The minimum atomic E-state index is -0.825. The number of nitrogens with one attached hydrogen (secondary N) is 3. The van der Waals surface area contributed by atoms with E-state index in [1.807, 2.05) is 12.1 Å². The van der Waals surface area contributed by atoms with Crippen molar-refractivity contribution in [2.75, 3.05) is 39.3 Å². The van der Waals surface area contributed by atoms with Crippen LogP contribution in [0.3, 0.4) is 0 Å². The molecule has 4 heterocycles. The summed E-state index contributed by atoms with van der Waals surface area (Å²) in [5.41, 5.74) is 1.89. The number of phenols is 1. The van der Waals surface area contributed by atoms with E-state index in [1.165, 1.54) is 25.0 Å². The van der Waals surface area contributed by atoms with Crippen LogP contribution in [-0.4, -0.2) is 76.3 Å². The number of carboxylic acid groups (broad SMARTS) is 1. The van der Waals surface area contributed by atoms with E-state index in [9.17, 15) is 29.7 Å². The van der Waals surface area contributed by atoms with Gasteiger partial charge in [0.05, 0.1) is 17.0 Å². The van der Waals surface area contributed by atoms with E-state index in [-0.39, 0.29) is 23.1 Å². The number of aliphatic hydroxyl groups is 1. The predicted molar refractivity (Wildman–Crippen MR) is 194 cm³/mol. The number of aromatic hydroxyl groups is 1. The van der Waals surface area contributed by atoms with Gasteiger partial charge in [-0.25, -0.2) is 0 Å². The number of benzene rings is 2. The molecular weight excluding hydrogens is 632 g/mol. The Kier molecular flexibility index (Phi) is 11.9. The number of carboxylic acids is 1. The average Bonchev–Trinajstić information content (AvgIpc) is 3.13. The Morgan fingerprint density at radius 1 is 0.980 bits per heavy atom. The zero-order chi connectivity index (χ0) is 35.1. The summed E-state index contributed by atoms with van der Waals surface area (Å²) in [6.07, 6.45) is 10.0. The van der Waals surface area contributed by atoms with Crippen molar-refractivity contribution in [2.45, 2.75) is 88.6 Å². The molecule has 4 aliphatic rings. The maximum atomic E-state index is 13.2. The number of pyridine rings is 1. The smallest absolute Gasteiger partial charge is 0.314 e. The Bertz CT molecular complexity index is 1680. The quantitative estimate of drug-likeness (QED) is 0.115. The van der Waals surface area contributed by atoms with Gasteiger partial charge in [0.15, 0.2) is 0 Å². The highest BCUT2D eigenvalue weighted by Crippen LogP contribution is 2.52. The number of amides is 1. The van der Waals surface area contributed by atoms with Gasteiger partial charge in [0.25, 0.3) is 0 Å². The standard InChI is InChI=1S/C40H54N4O6/c45-34-15-13-30(31-14-16-37(48)43-38(31)34)35(46)25-41-20-4-1-5-21-42-36(47)12-7-9-27-8-6-10-29(24-27)40(39(49)50)19-3-2-11-33(40)32-26-44-22-17-28(32)18-23-44/h6,8,10,13-16,24,28,32-33,35,41,45-46H,1-5,7,9,11-12,17-23,25-26H2,(H,42,47)(H,43,48)(H,49,50)/t32?,33?,35-,40?/m0/s1. The molecule has 4 atom stereocenters. The summed E-state index contributed by atoms with van der Waals surface area (Å²) in [5, 5.41) is 38.5. The molecule has 3 aromatic rings. The summed E-state index contributed by atoms with van der Waals surface area (Å²) in [5.74, 6) is 0.626. The molecule has 0 spiro atoms. The van der Waals surface area contributed by atoms with Gasteiger partial charge in [-0.1, -0.05) is 49.6 Å². The van der Waals surface area contributed by atoms with Crippen LogP contribution in [0, 0.1) is 17.8 Å². The number of unbranched alkanes of at least 4 members (excludes halogenated alkanes) is 2. The third-order valence-corrected chi connectivity index (χ3v) is 11.8. The van der Waals surface area contributed by atoms with Crippen molar-refractivity contribution >= 4 is 22.8 Å². The van der Waals surface area contributed by atoms with Crippen LogP contribution < -0.4 is 16.2 Å². The van der Waals surface area contributed by atoms with Crippen LogP contribution in [-0.2, 0) is 21.4 Å². The van der Waals surface area contributed by atoms with Crippen LogP contribution in [0.4, 0.5) is 0 Å². The topological polar surface area (TPSA) is 155 Å². The number of aryl methyl sites for hydroxylation is 1. The molecule has 1 aliphatic carbocycles. The number of aliphatic carboxylic acids is 1. The number of carbonyl (C=O) groups is 2. The molecule has 3 unspecified atom stereocenters. The van der Waals surface area contributed by atoms with Crippen LogP contribution >= 0.6 is 0 Å². The van der Waals surface area contributed by atoms with E-state index >= 15 is 0 Å². The van der Waals surface area contributed by atoms with Crippen LogP contribution in [0.2, 0.25) is 0 Å². The Morgan fingerprint density at radius 3 is 2.58 bits per heavy atom. The molecular formula is C40H54N4O6. The predicted octanol–water partition coefficient (Wildman–Crippen LogP) is 5.02. The van der Waals surface area contributed by atoms with Gasteiger partial charge in [-0.3, -0.25) is 14.4 Å². The van der Waals surface area contributed by atoms with Gasteiger partial charge in [-0.05, 0) is 118 Å². The number of rotatable bonds is 16. The highest BCUT2D eigenvalue weighted by atomic mass is 16.4. The molecule has 2 bridgehead atoms. The monoisotopic (exact) mass is 686 g/mol. The summed E-state index contributed by atoms with van der Waals surface area (Å²) in [6, 6.07) is 14.4. The zero-order valence-electron chi connectivity index (χ0n) is 29.2. The molecule has 2 aromatic carbocycles. The van der Waals surface area contributed by atoms with Crippen molar-refractivity contribution in [3.63, 3.8) is 0 Å². The maximum absolute atomic E-state index is 13.2. The van der Waals surface area contributed by atoms with Gasteiger partial charge in [0.2, 0.25) is 11.5 Å². The third-order valence-electron chi connectivity index (χ3n) is 11.8. The Labute approximate surface area is 294 Å². The van der Waals surface area contributed by atoms with Crippen molar-refractivity contribution in [3.8, 4) is 5.75 Å². The second-order valence-corrected chi connectivity index (χ2v) is 14.9. The molecule has 10 nitrogen and oxygen atoms in total. The van der Waals surface area contributed by atoms with Gasteiger partial charge < -0.3 is 35.8 Å². The lowest BCUT2D eigenvalue weighted by Crippen LogP contribution is -2.56. The number of fused-ring (bicyclic) bond motifs is 4. The number of aromatic nitrogens is 1. The SMILES string of the molecule is O=C(CCCc1cccc(C2(C(=O)O)CCCCC2C2CN3CCC2CC3)c1)NCCCCCNC[C@H](O)c1ccc(O)c2[nH]c(=O)ccc12. The van der Waals surface area contributed by atoms with Crippen LogP contribution in [0.1, 0.15) is 93.4 Å². The summed E-state index contributed by atoms with van der Waals surface area (Å²) in [6.45, 7) is 5.06. The van der Waals surface area contributed by atoms with E-state index in [1.54, 1.807) is 12.1 Å². The summed E-state index contributed by atoms with van der Waals surface area (Å²) in [4.78, 5) is 42.6. The lowest BCUT2D eigenvalue weighted by atomic mass is 9.55. The second kappa shape index (κ2) is 16.5. The molecule has 3 aliphatic heterocycles. The van der Waals surface area contributed by atoms with Gasteiger partial charge in [-0.15, -0.1) is 0 Å².